The zero-order valence-electron chi connectivity index (χ0n) is 18.1. The summed E-state index contributed by atoms with van der Waals surface area (Å²) in [5.41, 5.74) is 2.43. The summed E-state index contributed by atoms with van der Waals surface area (Å²) >= 11 is 1.14. The Kier molecular flexibility index (Phi) is 7.67. The molecule has 0 aliphatic rings. The predicted octanol–water partition coefficient (Wildman–Crippen LogP) is 4.03. The highest BCUT2D eigenvalue weighted by Gasteiger charge is 2.18. The molecule has 0 radical (unpaired) electrons. The van der Waals surface area contributed by atoms with Gasteiger partial charge >= 0.3 is 5.97 Å². The number of rotatable bonds is 9. The summed E-state index contributed by atoms with van der Waals surface area (Å²) in [6, 6.07) is 24.8. The van der Waals surface area contributed by atoms with Crippen LogP contribution in [0, 0.1) is 5.82 Å². The van der Waals surface area contributed by atoms with E-state index in [2.05, 4.69) is 15.5 Å². The smallest absolute Gasteiger partial charge is 0.316 e. The Morgan fingerprint density at radius 3 is 2.29 bits per heavy atom. The second-order valence-corrected chi connectivity index (χ2v) is 8.14. The van der Waals surface area contributed by atoms with E-state index in [1.165, 1.54) is 12.1 Å². The van der Waals surface area contributed by atoms with E-state index in [4.69, 9.17) is 4.74 Å². The zero-order chi connectivity index (χ0) is 23.8. The van der Waals surface area contributed by atoms with Crippen molar-refractivity contribution in [1.29, 1.82) is 0 Å². The minimum atomic E-state index is -0.550. The fourth-order valence-corrected chi connectivity index (χ4v) is 3.87. The number of carbonyl (C=O) groups excluding carboxylic acids is 2. The molecule has 0 spiro atoms. The van der Waals surface area contributed by atoms with Gasteiger partial charge in [0.1, 0.15) is 5.82 Å². The molecule has 0 atom stereocenters. The van der Waals surface area contributed by atoms with Crippen LogP contribution in [0.25, 0.3) is 17.1 Å². The van der Waals surface area contributed by atoms with Gasteiger partial charge in [0, 0.05) is 17.8 Å². The first-order chi connectivity index (χ1) is 16.6. The Balaban J connectivity index is 1.38. The molecule has 34 heavy (non-hydrogen) atoms. The number of benzene rings is 3. The van der Waals surface area contributed by atoms with E-state index in [1.807, 2.05) is 60.7 Å². The quantitative estimate of drug-likeness (QED) is 0.290. The summed E-state index contributed by atoms with van der Waals surface area (Å²) in [6.07, 6.45) is 0. The normalized spacial score (nSPS) is 10.6. The lowest BCUT2D eigenvalue weighted by Gasteiger charge is -2.10. The minimum Gasteiger partial charge on any atom is -0.455 e. The van der Waals surface area contributed by atoms with E-state index in [-0.39, 0.29) is 24.1 Å². The second-order valence-electron chi connectivity index (χ2n) is 7.20. The molecule has 1 aromatic heterocycles. The predicted molar refractivity (Wildman–Crippen MR) is 127 cm³/mol. The molecule has 4 rings (SSSR count). The monoisotopic (exact) mass is 476 g/mol. The molecular weight excluding hydrogens is 455 g/mol. The molecule has 0 aliphatic heterocycles. The lowest BCUT2D eigenvalue weighted by atomic mass is 10.2. The lowest BCUT2D eigenvalue weighted by Crippen LogP contribution is -2.28. The third kappa shape index (κ3) is 6.08. The number of hydrogen-bond donors (Lipinski definition) is 1. The van der Waals surface area contributed by atoms with Crippen molar-refractivity contribution in [2.45, 2.75) is 11.7 Å². The van der Waals surface area contributed by atoms with Crippen LogP contribution in [-0.4, -0.2) is 39.0 Å². The van der Waals surface area contributed by atoms with Crippen LogP contribution in [0.2, 0.25) is 0 Å². The summed E-state index contributed by atoms with van der Waals surface area (Å²) < 4.78 is 20.3. The molecule has 1 amide bonds. The summed E-state index contributed by atoms with van der Waals surface area (Å²) in [5.74, 6) is -0.818. The highest BCUT2D eigenvalue weighted by molar-refractivity contribution is 7.99. The maximum atomic E-state index is 13.4. The number of para-hydroxylation sites is 1. The van der Waals surface area contributed by atoms with E-state index in [1.54, 1.807) is 16.7 Å². The highest BCUT2D eigenvalue weighted by atomic mass is 32.2. The van der Waals surface area contributed by atoms with Gasteiger partial charge in [-0.3, -0.25) is 14.2 Å². The molecule has 0 saturated heterocycles. The van der Waals surface area contributed by atoms with Gasteiger partial charge in [0.05, 0.1) is 5.75 Å². The van der Waals surface area contributed by atoms with Crippen LogP contribution in [0.4, 0.5) is 4.39 Å². The summed E-state index contributed by atoms with van der Waals surface area (Å²) in [4.78, 5) is 24.2. The molecule has 1 heterocycles. The molecule has 0 unspecified atom stereocenters. The van der Waals surface area contributed by atoms with Crippen LogP contribution in [0.3, 0.4) is 0 Å². The Labute approximate surface area is 200 Å². The minimum absolute atomic E-state index is 0.0552. The molecule has 3 aromatic carbocycles. The third-order valence-corrected chi connectivity index (χ3v) is 5.67. The van der Waals surface area contributed by atoms with Crippen molar-refractivity contribution in [2.75, 3.05) is 12.4 Å². The molecular formula is C25H21FN4O3S. The first-order valence-corrected chi connectivity index (χ1v) is 11.4. The number of hydrogen-bond acceptors (Lipinski definition) is 6. The van der Waals surface area contributed by atoms with Gasteiger partial charge in [-0.25, -0.2) is 4.39 Å². The van der Waals surface area contributed by atoms with Gasteiger partial charge in [0.15, 0.2) is 17.6 Å². The van der Waals surface area contributed by atoms with E-state index in [9.17, 15) is 14.0 Å². The molecule has 0 saturated carbocycles. The molecule has 7 nitrogen and oxygen atoms in total. The Hall–Kier alpha value is -3.98. The van der Waals surface area contributed by atoms with Crippen molar-refractivity contribution in [3.63, 3.8) is 0 Å². The van der Waals surface area contributed by atoms with Gasteiger partial charge in [-0.1, -0.05) is 60.3 Å². The number of nitrogens with one attached hydrogen (secondary N) is 1. The molecule has 0 fully saturated rings. The molecule has 172 valence electrons. The van der Waals surface area contributed by atoms with E-state index in [0.29, 0.717) is 23.1 Å². The molecule has 1 N–H and O–H groups in total. The molecule has 4 aromatic rings. The number of aromatic nitrogens is 3. The van der Waals surface area contributed by atoms with Crippen molar-refractivity contribution in [3.05, 3.63) is 96.3 Å². The lowest BCUT2D eigenvalue weighted by molar-refractivity contribution is -0.145. The van der Waals surface area contributed by atoms with Gasteiger partial charge in [-0.05, 0) is 42.0 Å². The first-order valence-electron chi connectivity index (χ1n) is 10.5. The summed E-state index contributed by atoms with van der Waals surface area (Å²) in [7, 11) is 0. The maximum absolute atomic E-state index is 13.4. The van der Waals surface area contributed by atoms with Gasteiger partial charge < -0.3 is 10.1 Å². The summed E-state index contributed by atoms with van der Waals surface area (Å²) in [5, 5.41) is 11.6. The Bertz CT molecular complexity index is 1250. The van der Waals surface area contributed by atoms with Crippen molar-refractivity contribution in [2.24, 2.45) is 0 Å². The standard InChI is InChI=1S/C25H21FN4O3S/c26-20-13-11-19(12-14-20)24-28-29-25(30(24)21-9-5-2-6-10-21)34-17-23(32)33-16-22(31)27-15-18-7-3-1-4-8-18/h1-14H,15-17H2,(H,27,31). The van der Waals surface area contributed by atoms with Crippen molar-refractivity contribution < 1.29 is 18.7 Å². The average Bonchev–Trinajstić information content (AvgIpc) is 3.30. The van der Waals surface area contributed by atoms with Gasteiger partial charge in [-0.2, -0.15) is 0 Å². The van der Waals surface area contributed by atoms with Gasteiger partial charge in [-0.15, -0.1) is 10.2 Å². The number of carbonyl (C=O) groups is 2. The number of halogens is 1. The number of esters is 1. The average molecular weight is 477 g/mol. The molecule has 0 bridgehead atoms. The zero-order valence-corrected chi connectivity index (χ0v) is 18.9. The fourth-order valence-electron chi connectivity index (χ4n) is 3.12. The van der Waals surface area contributed by atoms with E-state index in [0.717, 1.165) is 23.0 Å². The fraction of sp³-hybridized carbons (Fsp3) is 0.120. The highest BCUT2D eigenvalue weighted by Crippen LogP contribution is 2.28. The Morgan fingerprint density at radius 1 is 0.912 bits per heavy atom. The van der Waals surface area contributed by atoms with Crippen LogP contribution in [0.15, 0.2) is 90.1 Å². The third-order valence-electron chi connectivity index (χ3n) is 4.77. The van der Waals surface area contributed by atoms with Crippen LogP contribution in [0.5, 0.6) is 0 Å². The van der Waals surface area contributed by atoms with Crippen molar-refractivity contribution in [1.82, 2.24) is 20.1 Å². The van der Waals surface area contributed by atoms with Crippen molar-refractivity contribution >= 4 is 23.6 Å². The van der Waals surface area contributed by atoms with E-state index >= 15 is 0 Å². The van der Waals surface area contributed by atoms with Crippen LogP contribution < -0.4 is 5.32 Å². The Morgan fingerprint density at radius 2 is 1.59 bits per heavy atom. The largest absolute Gasteiger partial charge is 0.455 e. The van der Waals surface area contributed by atoms with Crippen LogP contribution in [0.1, 0.15) is 5.56 Å². The van der Waals surface area contributed by atoms with Gasteiger partial charge in [0.2, 0.25) is 0 Å². The van der Waals surface area contributed by atoms with E-state index < -0.39 is 5.97 Å². The SMILES string of the molecule is O=C(COC(=O)CSc1nnc(-c2ccc(F)cc2)n1-c1ccccc1)NCc1ccccc1. The first kappa shape index (κ1) is 23.2. The van der Waals surface area contributed by atoms with Crippen LogP contribution >= 0.6 is 11.8 Å². The number of nitrogens with zero attached hydrogens (tertiary/aromatic N) is 3. The van der Waals surface area contributed by atoms with Crippen LogP contribution in [-0.2, 0) is 20.9 Å². The molecule has 9 heteroatoms. The number of thioether (sulfide) groups is 1. The van der Waals surface area contributed by atoms with Crippen molar-refractivity contribution in [3.8, 4) is 17.1 Å². The maximum Gasteiger partial charge on any atom is 0.316 e. The van der Waals surface area contributed by atoms with Gasteiger partial charge in [0.25, 0.3) is 5.91 Å². The topological polar surface area (TPSA) is 86.1 Å². The number of ether oxygens (including phenoxy) is 1. The molecule has 0 aliphatic carbocycles. The number of amides is 1. The second kappa shape index (κ2) is 11.2. The summed E-state index contributed by atoms with van der Waals surface area (Å²) in [6.45, 7) is -0.00323.